The first-order valence-corrected chi connectivity index (χ1v) is 10.4. The molecule has 9 nitrogen and oxygen atoms in total. The number of carbonyl (C=O) groups excluding carboxylic acids is 1. The number of rotatable bonds is 6. The average molecular weight is 385 g/mol. The van der Waals surface area contributed by atoms with Crippen molar-refractivity contribution < 1.29 is 13.2 Å². The van der Waals surface area contributed by atoms with Gasteiger partial charge in [0.1, 0.15) is 12.1 Å². The van der Waals surface area contributed by atoms with Gasteiger partial charge in [0.25, 0.3) is 0 Å². The van der Waals surface area contributed by atoms with Crippen molar-refractivity contribution in [2.24, 2.45) is 5.92 Å². The molecule has 0 saturated carbocycles. The fourth-order valence-electron chi connectivity index (χ4n) is 2.98. The van der Waals surface area contributed by atoms with Crippen LogP contribution in [0, 0.1) is 5.92 Å². The molecule has 1 amide bonds. The van der Waals surface area contributed by atoms with Crippen LogP contribution < -0.4 is 9.62 Å². The van der Waals surface area contributed by atoms with Crippen molar-refractivity contribution in [3.63, 3.8) is 0 Å². The quantitative estimate of drug-likeness (QED) is 0.673. The SMILES string of the molecule is CN1CCN(C(=O)CNS(C)(=O)=O)C[C@H](Cc2cc(N(C)C)ncn2)C1. The van der Waals surface area contributed by atoms with Crippen LogP contribution in [0.15, 0.2) is 12.4 Å². The summed E-state index contributed by atoms with van der Waals surface area (Å²) in [7, 11) is 2.51. The molecule has 1 aromatic heterocycles. The van der Waals surface area contributed by atoms with E-state index in [-0.39, 0.29) is 18.4 Å². The number of nitrogens with one attached hydrogen (secondary N) is 1. The standard InChI is InChI=1S/C16H28N6O3S/c1-20(2)15-8-14(17-12-18-15)7-13-10-21(3)5-6-22(11-13)16(23)9-19-26(4,24)25/h8,12-13,19H,5-7,9-11H2,1-4H3/t13-/m1/s1. The summed E-state index contributed by atoms with van der Waals surface area (Å²) in [6.45, 7) is 2.58. The summed E-state index contributed by atoms with van der Waals surface area (Å²) >= 11 is 0. The lowest BCUT2D eigenvalue weighted by Crippen LogP contribution is -2.42. The molecule has 1 aliphatic rings. The van der Waals surface area contributed by atoms with E-state index in [1.165, 1.54) is 0 Å². The molecule has 1 N–H and O–H groups in total. The second-order valence-corrected chi connectivity index (χ2v) is 8.86. The number of amides is 1. The Morgan fingerprint density at radius 1 is 1.31 bits per heavy atom. The molecule has 1 saturated heterocycles. The number of sulfonamides is 1. The highest BCUT2D eigenvalue weighted by atomic mass is 32.2. The molecule has 0 radical (unpaired) electrons. The predicted octanol–water partition coefficient (Wildman–Crippen LogP) is -0.975. The highest BCUT2D eigenvalue weighted by Crippen LogP contribution is 2.16. The summed E-state index contributed by atoms with van der Waals surface area (Å²) < 4.78 is 24.7. The second kappa shape index (κ2) is 8.74. The van der Waals surface area contributed by atoms with Gasteiger partial charge in [-0.1, -0.05) is 0 Å². The largest absolute Gasteiger partial charge is 0.363 e. The molecule has 0 spiro atoms. The zero-order chi connectivity index (χ0) is 19.3. The zero-order valence-corrected chi connectivity index (χ0v) is 16.7. The molecule has 1 fully saturated rings. The second-order valence-electron chi connectivity index (χ2n) is 7.03. The third-order valence-electron chi connectivity index (χ3n) is 4.30. The van der Waals surface area contributed by atoms with E-state index in [1.807, 2.05) is 32.1 Å². The Hall–Kier alpha value is -1.78. The Balaban J connectivity index is 2.05. The van der Waals surface area contributed by atoms with Gasteiger partial charge < -0.3 is 14.7 Å². The van der Waals surface area contributed by atoms with Crippen LogP contribution in [0.4, 0.5) is 5.82 Å². The maximum absolute atomic E-state index is 12.4. The molecule has 2 heterocycles. The lowest BCUT2D eigenvalue weighted by atomic mass is 10.0. The minimum Gasteiger partial charge on any atom is -0.363 e. The summed E-state index contributed by atoms with van der Waals surface area (Å²) in [4.78, 5) is 26.8. The lowest BCUT2D eigenvalue weighted by Gasteiger charge is -2.24. The number of carbonyl (C=O) groups is 1. The van der Waals surface area contributed by atoms with E-state index in [2.05, 4.69) is 19.6 Å². The maximum Gasteiger partial charge on any atom is 0.237 e. The number of hydrogen-bond donors (Lipinski definition) is 1. The Bertz CT molecular complexity index is 724. The molecule has 10 heteroatoms. The van der Waals surface area contributed by atoms with Gasteiger partial charge in [-0.25, -0.2) is 23.1 Å². The molecule has 0 aliphatic carbocycles. The molecular formula is C16H28N6O3S. The molecule has 2 rings (SSSR count). The first-order chi connectivity index (χ1) is 12.1. The molecule has 26 heavy (non-hydrogen) atoms. The van der Waals surface area contributed by atoms with Crippen molar-refractivity contribution in [3.05, 3.63) is 18.1 Å². The number of aromatic nitrogens is 2. The van der Waals surface area contributed by atoms with Crippen LogP contribution in [-0.2, 0) is 21.2 Å². The molecule has 0 unspecified atom stereocenters. The van der Waals surface area contributed by atoms with E-state index in [4.69, 9.17) is 0 Å². The Kier molecular flexibility index (Phi) is 6.90. The monoisotopic (exact) mass is 384 g/mol. The Morgan fingerprint density at radius 3 is 2.69 bits per heavy atom. The van der Waals surface area contributed by atoms with E-state index in [1.54, 1.807) is 11.2 Å². The molecule has 1 atom stereocenters. The van der Waals surface area contributed by atoms with Crippen molar-refractivity contribution in [3.8, 4) is 0 Å². The topological polar surface area (TPSA) is 98.7 Å². The Morgan fingerprint density at radius 2 is 2.04 bits per heavy atom. The Labute approximate surface area is 155 Å². The summed E-state index contributed by atoms with van der Waals surface area (Å²) in [6.07, 6.45) is 3.34. The maximum atomic E-state index is 12.4. The molecule has 1 aliphatic heterocycles. The highest BCUT2D eigenvalue weighted by Gasteiger charge is 2.25. The predicted molar refractivity (Wildman–Crippen MR) is 100 cm³/mol. The van der Waals surface area contributed by atoms with Gasteiger partial charge in [-0.05, 0) is 19.4 Å². The molecule has 0 aromatic carbocycles. The van der Waals surface area contributed by atoms with Crippen molar-refractivity contribution in [2.75, 3.05) is 65.0 Å². The van der Waals surface area contributed by atoms with Gasteiger partial charge in [-0.15, -0.1) is 0 Å². The normalized spacial score (nSPS) is 19.2. The van der Waals surface area contributed by atoms with Gasteiger partial charge in [0.2, 0.25) is 15.9 Å². The van der Waals surface area contributed by atoms with Crippen LogP contribution in [0.2, 0.25) is 0 Å². The van der Waals surface area contributed by atoms with Crippen LogP contribution in [0.3, 0.4) is 0 Å². The fourth-order valence-corrected chi connectivity index (χ4v) is 3.37. The van der Waals surface area contributed by atoms with Gasteiger partial charge in [-0.2, -0.15) is 0 Å². The van der Waals surface area contributed by atoms with Crippen LogP contribution in [0.1, 0.15) is 5.69 Å². The van der Waals surface area contributed by atoms with Crippen LogP contribution >= 0.6 is 0 Å². The molecule has 1 aromatic rings. The summed E-state index contributed by atoms with van der Waals surface area (Å²) in [5.41, 5.74) is 0.936. The summed E-state index contributed by atoms with van der Waals surface area (Å²) in [5, 5.41) is 0. The van der Waals surface area contributed by atoms with Crippen LogP contribution in [-0.4, -0.2) is 94.2 Å². The van der Waals surface area contributed by atoms with Gasteiger partial charge in [0, 0.05) is 52.0 Å². The third kappa shape index (κ3) is 6.50. The summed E-state index contributed by atoms with van der Waals surface area (Å²) in [6, 6.07) is 1.96. The zero-order valence-electron chi connectivity index (χ0n) is 15.8. The average Bonchev–Trinajstić information content (AvgIpc) is 2.73. The van der Waals surface area contributed by atoms with Crippen molar-refractivity contribution in [1.82, 2.24) is 24.5 Å². The lowest BCUT2D eigenvalue weighted by molar-refractivity contribution is -0.130. The van der Waals surface area contributed by atoms with Crippen LogP contribution in [0.5, 0.6) is 0 Å². The van der Waals surface area contributed by atoms with E-state index >= 15 is 0 Å². The number of hydrogen-bond acceptors (Lipinski definition) is 7. The van der Waals surface area contributed by atoms with Gasteiger partial charge >= 0.3 is 0 Å². The minimum absolute atomic E-state index is 0.201. The van der Waals surface area contributed by atoms with Gasteiger partial charge in [0.05, 0.1) is 12.8 Å². The number of likely N-dealkylation sites (N-methyl/N-ethyl adjacent to an activating group) is 1. The van der Waals surface area contributed by atoms with Gasteiger partial charge in [0.15, 0.2) is 0 Å². The van der Waals surface area contributed by atoms with E-state index in [9.17, 15) is 13.2 Å². The number of anilines is 1. The summed E-state index contributed by atoms with van der Waals surface area (Å²) in [5.74, 6) is 0.865. The van der Waals surface area contributed by atoms with E-state index in [0.29, 0.717) is 13.1 Å². The molecular weight excluding hydrogens is 356 g/mol. The first kappa shape index (κ1) is 20.5. The van der Waals surface area contributed by atoms with Crippen LogP contribution in [0.25, 0.3) is 0 Å². The first-order valence-electron chi connectivity index (χ1n) is 8.53. The number of nitrogens with zero attached hydrogens (tertiary/aromatic N) is 5. The smallest absolute Gasteiger partial charge is 0.237 e. The van der Waals surface area contributed by atoms with Gasteiger partial charge in [-0.3, -0.25) is 4.79 Å². The third-order valence-corrected chi connectivity index (χ3v) is 4.97. The molecule has 0 bridgehead atoms. The van der Waals surface area contributed by atoms with Crippen molar-refractivity contribution >= 4 is 21.7 Å². The van der Waals surface area contributed by atoms with Crippen molar-refractivity contribution in [1.29, 1.82) is 0 Å². The molecule has 146 valence electrons. The van der Waals surface area contributed by atoms with E-state index in [0.717, 1.165) is 37.3 Å². The highest BCUT2D eigenvalue weighted by molar-refractivity contribution is 7.88. The minimum atomic E-state index is -3.38. The van der Waals surface area contributed by atoms with E-state index < -0.39 is 10.0 Å². The fraction of sp³-hybridized carbons (Fsp3) is 0.688. The van der Waals surface area contributed by atoms with Crippen molar-refractivity contribution in [2.45, 2.75) is 6.42 Å².